The molecule has 1 aliphatic carbocycles. The van der Waals surface area contributed by atoms with Gasteiger partial charge in [-0.05, 0) is 142 Å². The summed E-state index contributed by atoms with van der Waals surface area (Å²) in [5.41, 5.74) is 13.4. The topological polar surface area (TPSA) is 18.1 Å². The van der Waals surface area contributed by atoms with Gasteiger partial charge in [0, 0.05) is 32.6 Å². The quantitative estimate of drug-likeness (QED) is 0.161. The molecule has 274 valence electrons. The van der Waals surface area contributed by atoms with E-state index in [0.717, 1.165) is 11.2 Å². The number of rotatable bonds is 2. The van der Waals surface area contributed by atoms with Gasteiger partial charge in [-0.15, -0.1) is 0 Å². The third-order valence-corrected chi connectivity index (χ3v) is 13.9. The molecule has 2 heterocycles. The van der Waals surface area contributed by atoms with Gasteiger partial charge in [-0.3, -0.25) is 0 Å². The second kappa shape index (κ2) is 10.9. The average molecular weight is 750 g/mol. The molecule has 59 heavy (non-hydrogen) atoms. The van der Waals surface area contributed by atoms with Gasteiger partial charge in [-0.25, -0.2) is 0 Å². The Morgan fingerprint density at radius 3 is 1.63 bits per heavy atom. The first-order chi connectivity index (χ1) is 29.0. The molecule has 0 amide bonds. The molecule has 0 radical (unpaired) electrons. The summed E-state index contributed by atoms with van der Waals surface area (Å²) in [5.74, 6) is 0. The smallest absolute Gasteiger partial charge is 0.136 e. The number of furan rings is 1. The van der Waals surface area contributed by atoms with Crippen molar-refractivity contribution in [3.63, 3.8) is 0 Å². The molecule has 0 bridgehead atoms. The Hall–Kier alpha value is -7.42. The molecule has 1 aliphatic rings. The first-order valence-electron chi connectivity index (χ1n) is 20.7. The fourth-order valence-corrected chi connectivity index (χ4v) is 11.2. The number of benzene rings is 11. The maximum Gasteiger partial charge on any atom is 0.136 e. The summed E-state index contributed by atoms with van der Waals surface area (Å²) < 4.78 is 8.85. The third-order valence-electron chi connectivity index (χ3n) is 13.9. The summed E-state index contributed by atoms with van der Waals surface area (Å²) in [7, 11) is 0. The van der Waals surface area contributed by atoms with Crippen molar-refractivity contribution >= 4 is 97.6 Å². The van der Waals surface area contributed by atoms with E-state index in [1.807, 2.05) is 0 Å². The van der Waals surface area contributed by atoms with E-state index < -0.39 is 0 Å². The number of hydrogen-bond donors (Lipinski definition) is 0. The standard InChI is InChI=1S/C57H35NO/c1-57(2)49-17-7-5-13-40(49)47-30-48-41-14-6-8-18-51(41)58(52(48)31-50(47)57)34-23-26-38-36-12-4-3-11-35(36)37-24-21-33(28-45(37)46(38)29-34)32-22-25-39-42-15-9-19-53-55(42)56-43(44(39)27-32)16-10-20-54(56)59-53/h3-31H,1-2H3. The summed E-state index contributed by atoms with van der Waals surface area (Å²) in [5, 5.41) is 17.6. The normalized spacial score (nSPS) is 13.7. The van der Waals surface area contributed by atoms with Crippen LogP contribution >= 0.6 is 0 Å². The van der Waals surface area contributed by atoms with Gasteiger partial charge in [0.15, 0.2) is 0 Å². The molecule has 0 unspecified atom stereocenters. The van der Waals surface area contributed by atoms with E-state index in [2.05, 4.69) is 194 Å². The summed E-state index contributed by atoms with van der Waals surface area (Å²) in [4.78, 5) is 0. The summed E-state index contributed by atoms with van der Waals surface area (Å²) in [6.07, 6.45) is 0. The fraction of sp³-hybridized carbons (Fsp3) is 0.0526. The Kier molecular flexibility index (Phi) is 5.87. The molecule has 13 aromatic rings. The van der Waals surface area contributed by atoms with Crippen LogP contribution in [0.3, 0.4) is 0 Å². The lowest BCUT2D eigenvalue weighted by molar-refractivity contribution is 0.661. The Bertz CT molecular complexity index is 3990. The van der Waals surface area contributed by atoms with Crippen LogP contribution in [0.1, 0.15) is 25.0 Å². The summed E-state index contributed by atoms with van der Waals surface area (Å²) in [6.45, 7) is 4.75. The lowest BCUT2D eigenvalue weighted by Crippen LogP contribution is -2.14. The summed E-state index contributed by atoms with van der Waals surface area (Å²) in [6, 6.07) is 65.8. The predicted octanol–water partition coefficient (Wildman–Crippen LogP) is 15.9. The van der Waals surface area contributed by atoms with E-state index in [4.69, 9.17) is 4.42 Å². The van der Waals surface area contributed by atoms with Crippen molar-refractivity contribution in [1.82, 2.24) is 4.57 Å². The Balaban J connectivity index is 1.03. The number of aromatic nitrogens is 1. The van der Waals surface area contributed by atoms with Gasteiger partial charge in [-0.1, -0.05) is 135 Å². The van der Waals surface area contributed by atoms with Crippen LogP contribution < -0.4 is 0 Å². The minimum Gasteiger partial charge on any atom is -0.456 e. The maximum absolute atomic E-state index is 6.35. The second-order valence-electron chi connectivity index (χ2n) is 17.2. The fourth-order valence-electron chi connectivity index (χ4n) is 11.2. The lowest BCUT2D eigenvalue weighted by Gasteiger charge is -2.21. The number of para-hydroxylation sites is 1. The van der Waals surface area contributed by atoms with Crippen molar-refractivity contribution in [2.24, 2.45) is 0 Å². The molecule has 2 aromatic heterocycles. The van der Waals surface area contributed by atoms with Gasteiger partial charge in [0.1, 0.15) is 11.2 Å². The van der Waals surface area contributed by atoms with Crippen molar-refractivity contribution < 1.29 is 4.42 Å². The van der Waals surface area contributed by atoms with Crippen LogP contribution in [-0.2, 0) is 5.41 Å². The van der Waals surface area contributed by atoms with E-state index in [1.165, 1.54) is 126 Å². The van der Waals surface area contributed by atoms with Gasteiger partial charge in [-0.2, -0.15) is 0 Å². The molecule has 0 spiro atoms. The monoisotopic (exact) mass is 749 g/mol. The molecule has 0 atom stereocenters. The predicted molar refractivity (Wildman–Crippen MR) is 250 cm³/mol. The van der Waals surface area contributed by atoms with E-state index in [-0.39, 0.29) is 5.41 Å². The molecule has 14 rings (SSSR count). The van der Waals surface area contributed by atoms with E-state index in [9.17, 15) is 0 Å². The van der Waals surface area contributed by atoms with Crippen molar-refractivity contribution in [1.29, 1.82) is 0 Å². The molecular formula is C57H35NO. The zero-order chi connectivity index (χ0) is 38.7. The van der Waals surface area contributed by atoms with Crippen LogP contribution in [0.4, 0.5) is 0 Å². The van der Waals surface area contributed by atoms with Crippen LogP contribution in [0.15, 0.2) is 180 Å². The van der Waals surface area contributed by atoms with E-state index >= 15 is 0 Å². The molecule has 0 aliphatic heterocycles. The van der Waals surface area contributed by atoms with Crippen molar-refractivity contribution in [2.75, 3.05) is 0 Å². The SMILES string of the molecule is CC1(C)c2ccccc2-c2cc3c4ccccc4n(-c4ccc5c6ccccc6c6ccc(-c7ccc8c(c7)c7cccc9oc%10cccc8c%10c97)cc6c5c4)c3cc21. The zero-order valence-electron chi connectivity index (χ0n) is 32.6. The highest BCUT2D eigenvalue weighted by Crippen LogP contribution is 2.51. The number of nitrogens with zero attached hydrogens (tertiary/aromatic N) is 1. The molecule has 0 fully saturated rings. The first kappa shape index (κ1) is 31.6. The Morgan fingerprint density at radius 2 is 0.898 bits per heavy atom. The molecule has 2 nitrogen and oxygen atoms in total. The van der Waals surface area contributed by atoms with E-state index in [1.54, 1.807) is 0 Å². The van der Waals surface area contributed by atoms with Crippen molar-refractivity contribution in [3.8, 4) is 27.9 Å². The number of fused-ring (bicyclic) bond motifs is 15. The maximum atomic E-state index is 6.35. The highest BCUT2D eigenvalue weighted by Gasteiger charge is 2.36. The first-order valence-corrected chi connectivity index (χ1v) is 20.7. The zero-order valence-corrected chi connectivity index (χ0v) is 32.6. The van der Waals surface area contributed by atoms with Gasteiger partial charge >= 0.3 is 0 Å². The summed E-state index contributed by atoms with van der Waals surface area (Å²) >= 11 is 0. The molecule has 0 saturated heterocycles. The minimum atomic E-state index is -0.0896. The highest BCUT2D eigenvalue weighted by molar-refractivity contribution is 6.33. The molecule has 0 saturated carbocycles. The Labute approximate surface area is 339 Å². The molecular weight excluding hydrogens is 715 g/mol. The second-order valence-corrected chi connectivity index (χ2v) is 17.2. The van der Waals surface area contributed by atoms with Gasteiger partial charge in [0.05, 0.1) is 11.0 Å². The van der Waals surface area contributed by atoms with E-state index in [0.29, 0.717) is 0 Å². The van der Waals surface area contributed by atoms with Crippen LogP contribution in [0.5, 0.6) is 0 Å². The van der Waals surface area contributed by atoms with Gasteiger partial charge < -0.3 is 8.98 Å². The van der Waals surface area contributed by atoms with Crippen molar-refractivity contribution in [2.45, 2.75) is 19.3 Å². The molecule has 0 N–H and O–H groups in total. The van der Waals surface area contributed by atoms with Crippen LogP contribution in [0.25, 0.3) is 126 Å². The molecule has 2 heteroatoms. The van der Waals surface area contributed by atoms with Crippen molar-refractivity contribution in [3.05, 3.63) is 187 Å². The Morgan fingerprint density at radius 1 is 0.356 bits per heavy atom. The van der Waals surface area contributed by atoms with Crippen LogP contribution in [-0.4, -0.2) is 4.57 Å². The van der Waals surface area contributed by atoms with Crippen LogP contribution in [0.2, 0.25) is 0 Å². The third kappa shape index (κ3) is 4.01. The van der Waals surface area contributed by atoms with Crippen LogP contribution in [0, 0.1) is 0 Å². The average Bonchev–Trinajstić information content (AvgIpc) is 3.90. The minimum absolute atomic E-state index is 0.0896. The van der Waals surface area contributed by atoms with Gasteiger partial charge in [0.25, 0.3) is 0 Å². The highest BCUT2D eigenvalue weighted by atomic mass is 16.3. The number of hydrogen-bond acceptors (Lipinski definition) is 1. The molecule has 11 aromatic carbocycles. The largest absolute Gasteiger partial charge is 0.456 e. The van der Waals surface area contributed by atoms with Gasteiger partial charge in [0.2, 0.25) is 0 Å². The lowest BCUT2D eigenvalue weighted by atomic mass is 9.82.